The summed E-state index contributed by atoms with van der Waals surface area (Å²) < 4.78 is 6.74. The molecule has 7 heteroatoms. The maximum absolute atomic E-state index is 12.8. The van der Waals surface area contributed by atoms with Crippen LogP contribution in [0.5, 0.6) is 5.75 Å². The summed E-state index contributed by atoms with van der Waals surface area (Å²) in [6, 6.07) is 16.5. The molecule has 1 aliphatic rings. The van der Waals surface area contributed by atoms with E-state index in [0.29, 0.717) is 6.61 Å². The first kappa shape index (κ1) is 23.5. The number of rotatable bonds is 10. The third-order valence-corrected chi connectivity index (χ3v) is 7.11. The standard InChI is InChI=1S/C26H34N4O2S/c1-3-32-22-12-13-23-24(17-22)33-26(28-23)30-16-7-11-21(19-30)25(31)27-14-8-15-29(2)18-20-9-5-4-6-10-20/h4-6,9-10,12-13,17,21H,3,7-8,11,14-16,18-19H2,1-2H3,(H,27,31)/t21-/m1/s1. The topological polar surface area (TPSA) is 57.7 Å². The summed E-state index contributed by atoms with van der Waals surface area (Å²) in [5.74, 6) is 1.07. The van der Waals surface area contributed by atoms with Gasteiger partial charge in [-0.15, -0.1) is 0 Å². The van der Waals surface area contributed by atoms with E-state index in [-0.39, 0.29) is 11.8 Å². The fourth-order valence-electron chi connectivity index (χ4n) is 4.33. The molecular weight excluding hydrogens is 432 g/mol. The Morgan fingerprint density at radius 1 is 1.27 bits per heavy atom. The number of anilines is 1. The molecule has 0 spiro atoms. The SMILES string of the molecule is CCOc1ccc2nc(N3CCC[C@@H](C(=O)NCCCN(C)Cc4ccccc4)C3)sc2c1. The highest BCUT2D eigenvalue weighted by atomic mass is 32.1. The maximum Gasteiger partial charge on any atom is 0.224 e. The normalized spacial score (nSPS) is 16.3. The zero-order chi connectivity index (χ0) is 23.0. The lowest BCUT2D eigenvalue weighted by Gasteiger charge is -2.31. The maximum atomic E-state index is 12.8. The predicted octanol–water partition coefficient (Wildman–Crippen LogP) is 4.55. The van der Waals surface area contributed by atoms with Crippen molar-refractivity contribution in [3.8, 4) is 5.75 Å². The van der Waals surface area contributed by atoms with E-state index in [1.165, 1.54) is 5.56 Å². The average molecular weight is 467 g/mol. The van der Waals surface area contributed by atoms with E-state index in [0.717, 1.165) is 73.1 Å². The minimum atomic E-state index is 0.0202. The summed E-state index contributed by atoms with van der Waals surface area (Å²) >= 11 is 1.68. The number of carbonyl (C=O) groups is 1. The number of hydrogen-bond donors (Lipinski definition) is 1. The summed E-state index contributed by atoms with van der Waals surface area (Å²) in [5.41, 5.74) is 2.31. The van der Waals surface area contributed by atoms with Gasteiger partial charge in [-0.05, 0) is 63.5 Å². The highest BCUT2D eigenvalue weighted by molar-refractivity contribution is 7.22. The van der Waals surface area contributed by atoms with Gasteiger partial charge in [0, 0.05) is 26.2 Å². The van der Waals surface area contributed by atoms with Crippen LogP contribution in [0.2, 0.25) is 0 Å². The lowest BCUT2D eigenvalue weighted by molar-refractivity contribution is -0.125. The van der Waals surface area contributed by atoms with Crippen LogP contribution >= 0.6 is 11.3 Å². The number of thiazole rings is 1. The van der Waals surface area contributed by atoms with Crippen molar-refractivity contribution in [1.29, 1.82) is 0 Å². The van der Waals surface area contributed by atoms with Crippen molar-refractivity contribution in [1.82, 2.24) is 15.2 Å². The predicted molar refractivity (Wildman–Crippen MR) is 136 cm³/mol. The Kier molecular flexibility index (Phi) is 8.18. The van der Waals surface area contributed by atoms with Crippen molar-refractivity contribution in [2.45, 2.75) is 32.7 Å². The second-order valence-electron chi connectivity index (χ2n) is 8.71. The molecule has 6 nitrogen and oxygen atoms in total. The van der Waals surface area contributed by atoms with Gasteiger partial charge in [-0.1, -0.05) is 41.7 Å². The largest absolute Gasteiger partial charge is 0.494 e. The van der Waals surface area contributed by atoms with Gasteiger partial charge < -0.3 is 19.9 Å². The summed E-state index contributed by atoms with van der Waals surface area (Å²) in [7, 11) is 2.13. The number of hydrogen-bond acceptors (Lipinski definition) is 6. The molecule has 1 aliphatic heterocycles. The van der Waals surface area contributed by atoms with Gasteiger partial charge in [-0.3, -0.25) is 4.79 Å². The molecule has 0 saturated carbocycles. The van der Waals surface area contributed by atoms with Crippen molar-refractivity contribution in [2.75, 3.05) is 44.7 Å². The number of nitrogens with zero attached hydrogens (tertiary/aromatic N) is 3. The van der Waals surface area contributed by atoms with Crippen LogP contribution in [0.4, 0.5) is 5.13 Å². The van der Waals surface area contributed by atoms with Gasteiger partial charge in [0.25, 0.3) is 0 Å². The quantitative estimate of drug-likeness (QED) is 0.444. The Hall–Kier alpha value is -2.64. The Balaban J connectivity index is 1.24. The van der Waals surface area contributed by atoms with Crippen LogP contribution in [0.1, 0.15) is 31.7 Å². The molecule has 0 radical (unpaired) electrons. The van der Waals surface area contributed by atoms with Gasteiger partial charge in [-0.2, -0.15) is 0 Å². The lowest BCUT2D eigenvalue weighted by atomic mass is 9.97. The van der Waals surface area contributed by atoms with Gasteiger partial charge in [0.05, 0.1) is 22.7 Å². The first-order valence-corrected chi connectivity index (χ1v) is 12.7. The Bertz CT molecular complexity index is 1040. The Morgan fingerprint density at radius 2 is 2.12 bits per heavy atom. The molecule has 4 rings (SSSR count). The zero-order valence-electron chi connectivity index (χ0n) is 19.6. The number of piperidine rings is 1. The Morgan fingerprint density at radius 3 is 2.94 bits per heavy atom. The van der Waals surface area contributed by atoms with Crippen LogP contribution in [0.25, 0.3) is 10.2 Å². The molecule has 176 valence electrons. The third kappa shape index (κ3) is 6.45. The van der Waals surface area contributed by atoms with E-state index < -0.39 is 0 Å². The molecule has 1 saturated heterocycles. The first-order chi connectivity index (χ1) is 16.1. The van der Waals surface area contributed by atoms with Gasteiger partial charge in [-0.25, -0.2) is 4.98 Å². The van der Waals surface area contributed by atoms with Crippen molar-refractivity contribution in [3.63, 3.8) is 0 Å². The number of aromatic nitrogens is 1. The molecule has 2 heterocycles. The minimum absolute atomic E-state index is 0.0202. The molecule has 0 aliphatic carbocycles. The highest BCUT2D eigenvalue weighted by Crippen LogP contribution is 2.33. The van der Waals surface area contributed by atoms with Crippen LogP contribution in [-0.4, -0.2) is 55.6 Å². The molecule has 33 heavy (non-hydrogen) atoms. The van der Waals surface area contributed by atoms with E-state index in [1.807, 2.05) is 25.1 Å². The fourth-order valence-corrected chi connectivity index (χ4v) is 5.36. The van der Waals surface area contributed by atoms with Crippen molar-refractivity contribution < 1.29 is 9.53 Å². The monoisotopic (exact) mass is 466 g/mol. The summed E-state index contributed by atoms with van der Waals surface area (Å²) in [4.78, 5) is 22.2. The fraction of sp³-hybridized carbons (Fsp3) is 0.462. The molecule has 3 aromatic rings. The number of ether oxygens (including phenoxy) is 1. The van der Waals surface area contributed by atoms with Crippen LogP contribution in [0.3, 0.4) is 0 Å². The third-order valence-electron chi connectivity index (χ3n) is 6.03. The van der Waals surface area contributed by atoms with E-state index in [1.54, 1.807) is 11.3 Å². The van der Waals surface area contributed by atoms with Crippen molar-refractivity contribution >= 4 is 32.6 Å². The van der Waals surface area contributed by atoms with E-state index in [9.17, 15) is 4.79 Å². The second kappa shape index (κ2) is 11.5. The molecule has 0 unspecified atom stereocenters. The summed E-state index contributed by atoms with van der Waals surface area (Å²) in [6.07, 6.45) is 2.90. The number of fused-ring (bicyclic) bond motifs is 1. The smallest absolute Gasteiger partial charge is 0.224 e. The van der Waals surface area contributed by atoms with Gasteiger partial charge in [0.15, 0.2) is 5.13 Å². The Labute approximate surface area is 200 Å². The van der Waals surface area contributed by atoms with E-state index in [4.69, 9.17) is 9.72 Å². The molecular formula is C26H34N4O2S. The van der Waals surface area contributed by atoms with Crippen molar-refractivity contribution in [3.05, 3.63) is 54.1 Å². The number of nitrogens with one attached hydrogen (secondary N) is 1. The molecule has 1 fully saturated rings. The minimum Gasteiger partial charge on any atom is -0.494 e. The number of benzene rings is 2. The van der Waals surface area contributed by atoms with Crippen LogP contribution in [-0.2, 0) is 11.3 Å². The number of carbonyl (C=O) groups excluding carboxylic acids is 1. The average Bonchev–Trinajstić information content (AvgIpc) is 3.26. The van der Waals surface area contributed by atoms with Crippen LogP contribution in [0.15, 0.2) is 48.5 Å². The van der Waals surface area contributed by atoms with E-state index >= 15 is 0 Å². The van der Waals surface area contributed by atoms with Crippen molar-refractivity contribution in [2.24, 2.45) is 5.92 Å². The number of amides is 1. The second-order valence-corrected chi connectivity index (χ2v) is 9.72. The lowest BCUT2D eigenvalue weighted by Crippen LogP contribution is -2.43. The molecule has 1 amide bonds. The molecule has 1 aromatic heterocycles. The molecule has 1 atom stereocenters. The van der Waals surface area contributed by atoms with E-state index in [2.05, 4.69) is 52.5 Å². The van der Waals surface area contributed by atoms with Gasteiger partial charge in [0.1, 0.15) is 5.75 Å². The zero-order valence-corrected chi connectivity index (χ0v) is 20.4. The molecule has 1 N–H and O–H groups in total. The first-order valence-electron chi connectivity index (χ1n) is 11.9. The molecule has 2 aromatic carbocycles. The molecule has 0 bridgehead atoms. The summed E-state index contributed by atoms with van der Waals surface area (Å²) in [6.45, 7) is 6.94. The van der Waals surface area contributed by atoms with Gasteiger partial charge in [0.2, 0.25) is 5.91 Å². The van der Waals surface area contributed by atoms with Gasteiger partial charge >= 0.3 is 0 Å². The summed E-state index contributed by atoms with van der Waals surface area (Å²) in [5, 5.41) is 4.16. The van der Waals surface area contributed by atoms with Crippen LogP contribution < -0.4 is 15.0 Å². The van der Waals surface area contributed by atoms with Crippen LogP contribution in [0, 0.1) is 5.92 Å². The highest BCUT2D eigenvalue weighted by Gasteiger charge is 2.27.